The first kappa shape index (κ1) is 16.3. The van der Waals surface area contributed by atoms with Crippen molar-refractivity contribution in [1.29, 1.82) is 0 Å². The minimum Gasteiger partial charge on any atom is -0.480 e. The molecule has 3 rings (SSSR count). The number of benzene rings is 1. The summed E-state index contributed by atoms with van der Waals surface area (Å²) in [4.78, 5) is 13.4. The van der Waals surface area contributed by atoms with Crippen molar-refractivity contribution in [2.24, 2.45) is 0 Å². The number of hydrogen-bond acceptors (Lipinski definition) is 6. The molecule has 0 aliphatic heterocycles. The van der Waals surface area contributed by atoms with Crippen LogP contribution in [-0.2, 0) is 6.54 Å². The van der Waals surface area contributed by atoms with Gasteiger partial charge in [0.15, 0.2) is 11.5 Å². The van der Waals surface area contributed by atoms with Gasteiger partial charge in [-0.15, -0.1) is 27.1 Å². The molecule has 0 atom stereocenters. The van der Waals surface area contributed by atoms with E-state index in [1.807, 2.05) is 24.3 Å². The van der Waals surface area contributed by atoms with Gasteiger partial charge in [-0.25, -0.2) is 0 Å². The van der Waals surface area contributed by atoms with Crippen LogP contribution in [0.1, 0.15) is 23.1 Å². The second-order valence-electron chi connectivity index (χ2n) is 4.87. The molecule has 0 saturated carbocycles. The van der Waals surface area contributed by atoms with Crippen LogP contribution in [0.2, 0.25) is 0 Å². The van der Waals surface area contributed by atoms with E-state index in [2.05, 4.69) is 27.5 Å². The molecule has 8 heteroatoms. The Morgan fingerprint density at radius 2 is 2.08 bits per heavy atom. The number of nitrogens with one attached hydrogen (secondary N) is 1. The van der Waals surface area contributed by atoms with Gasteiger partial charge >= 0.3 is 0 Å². The van der Waals surface area contributed by atoms with E-state index in [0.717, 1.165) is 10.6 Å². The molecule has 1 aromatic carbocycles. The van der Waals surface area contributed by atoms with Crippen molar-refractivity contribution in [3.8, 4) is 5.88 Å². The van der Waals surface area contributed by atoms with Crippen LogP contribution >= 0.6 is 11.8 Å². The number of fused-ring (bicyclic) bond motifs is 1. The van der Waals surface area contributed by atoms with Crippen molar-refractivity contribution in [3.63, 3.8) is 0 Å². The summed E-state index contributed by atoms with van der Waals surface area (Å²) in [5.74, 6) is 1.76. The lowest BCUT2D eigenvalue weighted by Crippen LogP contribution is -2.24. The number of amides is 1. The molecule has 3 aromatic rings. The zero-order valence-electron chi connectivity index (χ0n) is 13.4. The number of aromatic nitrogens is 4. The number of thioether (sulfide) groups is 1. The van der Waals surface area contributed by atoms with E-state index in [0.29, 0.717) is 22.9 Å². The zero-order chi connectivity index (χ0) is 16.9. The van der Waals surface area contributed by atoms with Gasteiger partial charge in [0, 0.05) is 11.0 Å². The molecule has 0 saturated heterocycles. The average Bonchev–Trinajstić information content (AvgIpc) is 3.02. The van der Waals surface area contributed by atoms with Crippen LogP contribution in [0.4, 0.5) is 0 Å². The smallest absolute Gasteiger partial charge is 0.252 e. The van der Waals surface area contributed by atoms with Crippen LogP contribution in [-0.4, -0.2) is 38.6 Å². The maximum absolute atomic E-state index is 12.5. The van der Waals surface area contributed by atoms with Gasteiger partial charge in [0.2, 0.25) is 5.88 Å². The maximum Gasteiger partial charge on any atom is 0.252 e. The third-order valence-electron chi connectivity index (χ3n) is 3.35. The Bertz CT molecular complexity index is 865. The van der Waals surface area contributed by atoms with E-state index in [-0.39, 0.29) is 12.5 Å². The van der Waals surface area contributed by atoms with Gasteiger partial charge in [0.25, 0.3) is 5.91 Å². The first-order chi connectivity index (χ1) is 11.7. The van der Waals surface area contributed by atoms with Gasteiger partial charge in [-0.3, -0.25) is 4.79 Å². The molecule has 0 aliphatic rings. The van der Waals surface area contributed by atoms with E-state index in [4.69, 9.17) is 4.74 Å². The fourth-order valence-electron chi connectivity index (χ4n) is 2.23. The lowest BCUT2D eigenvalue weighted by atomic mass is 10.2. The van der Waals surface area contributed by atoms with Crippen LogP contribution in [0, 0.1) is 0 Å². The number of hydrogen-bond donors (Lipinski definition) is 1. The number of nitrogens with zero attached hydrogens (tertiary/aromatic N) is 4. The summed E-state index contributed by atoms with van der Waals surface area (Å²) in [6.07, 6.45) is 0. The summed E-state index contributed by atoms with van der Waals surface area (Å²) >= 11 is 1.64. The first-order valence-corrected chi connectivity index (χ1v) is 8.47. The van der Waals surface area contributed by atoms with Crippen molar-refractivity contribution in [1.82, 2.24) is 25.1 Å². The number of ether oxygens (including phenoxy) is 1. The largest absolute Gasteiger partial charge is 0.480 e. The summed E-state index contributed by atoms with van der Waals surface area (Å²) < 4.78 is 6.67. The third-order valence-corrected chi connectivity index (χ3v) is 4.31. The summed E-state index contributed by atoms with van der Waals surface area (Å²) in [6, 6.07) is 11.0. The minimum absolute atomic E-state index is 0.147. The predicted octanol–water partition coefficient (Wildman–Crippen LogP) is 2.17. The van der Waals surface area contributed by atoms with Gasteiger partial charge in [-0.2, -0.15) is 4.52 Å². The third kappa shape index (κ3) is 3.33. The first-order valence-electron chi connectivity index (χ1n) is 7.48. The molecule has 124 valence electrons. The number of methoxy groups -OCH3 is 1. The molecular formula is C16H17N5O2S. The summed E-state index contributed by atoms with van der Waals surface area (Å²) in [6.45, 7) is 2.28. The van der Waals surface area contributed by atoms with Gasteiger partial charge in [-0.1, -0.05) is 19.1 Å². The number of carbonyl (C=O) groups is 1. The van der Waals surface area contributed by atoms with Crippen LogP contribution < -0.4 is 10.1 Å². The van der Waals surface area contributed by atoms with E-state index >= 15 is 0 Å². The molecule has 7 nitrogen and oxygen atoms in total. The lowest BCUT2D eigenvalue weighted by molar-refractivity contribution is 0.0946. The highest BCUT2D eigenvalue weighted by Crippen LogP contribution is 2.22. The van der Waals surface area contributed by atoms with Gasteiger partial charge < -0.3 is 10.1 Å². The molecule has 1 amide bonds. The molecule has 0 unspecified atom stereocenters. The Balaban J connectivity index is 1.77. The summed E-state index contributed by atoms with van der Waals surface area (Å²) in [5, 5.41) is 15.2. The van der Waals surface area contributed by atoms with E-state index < -0.39 is 0 Å². The molecule has 0 aliphatic carbocycles. The maximum atomic E-state index is 12.5. The van der Waals surface area contributed by atoms with Crippen molar-refractivity contribution in [3.05, 3.63) is 47.8 Å². The molecule has 1 N–H and O–H groups in total. The van der Waals surface area contributed by atoms with Crippen molar-refractivity contribution in [2.45, 2.75) is 18.4 Å². The van der Waals surface area contributed by atoms with Crippen molar-refractivity contribution < 1.29 is 9.53 Å². The Labute approximate surface area is 143 Å². The van der Waals surface area contributed by atoms with Crippen LogP contribution in [0.15, 0.2) is 41.3 Å². The Morgan fingerprint density at radius 3 is 2.88 bits per heavy atom. The predicted molar refractivity (Wildman–Crippen MR) is 91.3 cm³/mol. The van der Waals surface area contributed by atoms with Gasteiger partial charge in [0.1, 0.15) is 0 Å². The summed E-state index contributed by atoms with van der Waals surface area (Å²) in [7, 11) is 1.54. The zero-order valence-corrected chi connectivity index (χ0v) is 14.2. The highest BCUT2D eigenvalue weighted by Gasteiger charge is 2.13. The van der Waals surface area contributed by atoms with Crippen molar-refractivity contribution >= 4 is 23.3 Å². The lowest BCUT2D eigenvalue weighted by Gasteiger charge is -2.08. The fraction of sp³-hybridized carbons (Fsp3) is 0.250. The Kier molecular flexibility index (Phi) is 4.95. The fourth-order valence-corrected chi connectivity index (χ4v) is 3.03. The molecule has 0 bridgehead atoms. The Hall–Kier alpha value is -2.61. The molecule has 24 heavy (non-hydrogen) atoms. The van der Waals surface area contributed by atoms with Gasteiger partial charge in [0.05, 0.1) is 19.2 Å². The van der Waals surface area contributed by atoms with Gasteiger partial charge in [-0.05, 0) is 24.0 Å². The highest BCUT2D eigenvalue weighted by atomic mass is 32.2. The second-order valence-corrected chi connectivity index (χ2v) is 6.18. The highest BCUT2D eigenvalue weighted by molar-refractivity contribution is 7.99. The normalized spacial score (nSPS) is 10.8. The monoisotopic (exact) mass is 343 g/mol. The van der Waals surface area contributed by atoms with Crippen molar-refractivity contribution in [2.75, 3.05) is 12.9 Å². The topological polar surface area (TPSA) is 81.4 Å². The van der Waals surface area contributed by atoms with E-state index in [9.17, 15) is 4.79 Å². The molecule has 2 aromatic heterocycles. The second kappa shape index (κ2) is 7.31. The van der Waals surface area contributed by atoms with Crippen LogP contribution in [0.3, 0.4) is 0 Å². The molecule has 0 radical (unpaired) electrons. The quantitative estimate of drug-likeness (QED) is 0.691. The number of rotatable bonds is 6. The van der Waals surface area contributed by atoms with E-state index in [1.165, 1.54) is 0 Å². The Morgan fingerprint density at radius 1 is 1.25 bits per heavy atom. The van der Waals surface area contributed by atoms with Crippen LogP contribution in [0.25, 0.3) is 5.65 Å². The number of carbonyl (C=O) groups excluding carboxylic acids is 1. The SMILES string of the molecule is CCSc1ccccc1C(=O)NCc1nnc2ccc(OC)nn12. The standard InChI is InChI=1S/C16H17N5O2S/c1-3-24-12-7-5-4-6-11(12)16(22)17-10-14-19-18-13-8-9-15(23-2)20-21(13)14/h4-9H,3,10H2,1-2H3,(H,17,22). The molecule has 0 spiro atoms. The molecule has 0 fully saturated rings. The minimum atomic E-state index is -0.147. The van der Waals surface area contributed by atoms with E-state index in [1.54, 1.807) is 35.5 Å². The molecule has 2 heterocycles. The molecular weight excluding hydrogens is 326 g/mol. The van der Waals surface area contributed by atoms with Crippen LogP contribution in [0.5, 0.6) is 5.88 Å². The average molecular weight is 343 g/mol. The summed E-state index contributed by atoms with van der Waals surface area (Å²) in [5.41, 5.74) is 1.26.